The molecule has 2 aromatic carbocycles. The molecule has 3 rings (SSSR count). The first-order chi connectivity index (χ1) is 13.4. The number of nitro benzene ring substituents is 1. The van der Waals surface area contributed by atoms with Crippen molar-refractivity contribution in [3.8, 4) is 5.75 Å². The Morgan fingerprint density at radius 1 is 1.11 bits per heavy atom. The zero-order valence-corrected chi connectivity index (χ0v) is 16.5. The minimum atomic E-state index is -3.63. The van der Waals surface area contributed by atoms with Gasteiger partial charge in [-0.15, -0.1) is 0 Å². The summed E-state index contributed by atoms with van der Waals surface area (Å²) in [7, 11) is -3.63. The van der Waals surface area contributed by atoms with E-state index < -0.39 is 14.9 Å². The molecule has 2 aromatic rings. The van der Waals surface area contributed by atoms with Crippen molar-refractivity contribution in [2.75, 3.05) is 39.3 Å². The van der Waals surface area contributed by atoms with Crippen molar-refractivity contribution in [1.82, 2.24) is 4.31 Å². The largest absolute Gasteiger partial charge is 0.487 e. The summed E-state index contributed by atoms with van der Waals surface area (Å²) >= 11 is 0. The summed E-state index contributed by atoms with van der Waals surface area (Å²) in [6.07, 6.45) is 0. The predicted octanol–water partition coefficient (Wildman–Crippen LogP) is 0.871. The number of non-ortho nitro benzene ring substituents is 1. The van der Waals surface area contributed by atoms with E-state index in [1.165, 1.54) is 33.5 Å². The van der Waals surface area contributed by atoms with E-state index >= 15 is 0 Å². The molecule has 0 unspecified atom stereocenters. The lowest BCUT2D eigenvalue weighted by Gasteiger charge is -2.31. The summed E-state index contributed by atoms with van der Waals surface area (Å²) in [6.45, 7) is 5.61. The maximum atomic E-state index is 12.7. The molecule has 0 atom stereocenters. The fourth-order valence-electron chi connectivity index (χ4n) is 3.21. The SMILES string of the molecule is Cc1ccccc1OCC[NH+]1CCN(S(=O)(=O)c2ccc([N+](=O)[O-])cc2)CC1. The zero-order chi connectivity index (χ0) is 20.1. The van der Waals surface area contributed by atoms with Crippen LogP contribution in [0.1, 0.15) is 5.56 Å². The number of benzene rings is 2. The molecule has 1 aliphatic heterocycles. The smallest absolute Gasteiger partial charge is 0.269 e. The maximum Gasteiger partial charge on any atom is 0.269 e. The average Bonchev–Trinajstić information content (AvgIpc) is 2.70. The molecule has 0 aliphatic carbocycles. The number of ether oxygens (including phenoxy) is 1. The number of sulfonamides is 1. The van der Waals surface area contributed by atoms with Gasteiger partial charge >= 0.3 is 0 Å². The van der Waals surface area contributed by atoms with Crippen LogP contribution in [-0.2, 0) is 10.0 Å². The van der Waals surface area contributed by atoms with Gasteiger partial charge in [0, 0.05) is 12.1 Å². The molecule has 1 heterocycles. The number of para-hydroxylation sites is 1. The lowest BCUT2D eigenvalue weighted by atomic mass is 10.2. The summed E-state index contributed by atoms with van der Waals surface area (Å²) in [5.41, 5.74) is 0.971. The lowest BCUT2D eigenvalue weighted by molar-refractivity contribution is -0.903. The molecule has 1 aliphatic rings. The lowest BCUT2D eigenvalue weighted by Crippen LogP contribution is -3.15. The van der Waals surface area contributed by atoms with Crippen molar-refractivity contribution in [1.29, 1.82) is 0 Å². The van der Waals surface area contributed by atoms with Crippen LogP contribution in [-0.4, -0.2) is 57.0 Å². The molecule has 0 bridgehead atoms. The highest BCUT2D eigenvalue weighted by Gasteiger charge is 2.30. The summed E-state index contributed by atoms with van der Waals surface area (Å²) in [5.74, 6) is 0.876. The van der Waals surface area contributed by atoms with Gasteiger partial charge in [-0.2, -0.15) is 4.31 Å². The van der Waals surface area contributed by atoms with Gasteiger partial charge in [0.2, 0.25) is 10.0 Å². The molecule has 0 spiro atoms. The van der Waals surface area contributed by atoms with Gasteiger partial charge in [0.05, 0.1) is 36.0 Å². The molecule has 1 fully saturated rings. The molecule has 1 saturated heterocycles. The Morgan fingerprint density at radius 2 is 1.75 bits per heavy atom. The first kappa shape index (κ1) is 20.2. The standard InChI is InChI=1S/C19H23N3O5S/c1-16-4-2-3-5-19(16)27-15-14-20-10-12-21(13-11-20)28(25,26)18-8-6-17(7-9-18)22(23)24/h2-9H,10-15H2,1H3/p+1. The van der Waals surface area contributed by atoms with Crippen molar-refractivity contribution in [3.05, 3.63) is 64.2 Å². The molecule has 28 heavy (non-hydrogen) atoms. The van der Waals surface area contributed by atoms with Crippen LogP contribution in [0.5, 0.6) is 5.75 Å². The van der Waals surface area contributed by atoms with Crippen molar-refractivity contribution in [2.24, 2.45) is 0 Å². The first-order valence-electron chi connectivity index (χ1n) is 9.14. The molecule has 0 aromatic heterocycles. The number of piperazine rings is 1. The second-order valence-corrected chi connectivity index (χ2v) is 8.71. The third-order valence-electron chi connectivity index (χ3n) is 4.92. The number of rotatable bonds is 7. The van der Waals surface area contributed by atoms with E-state index in [2.05, 4.69) is 0 Å². The van der Waals surface area contributed by atoms with Crippen LogP contribution in [0.4, 0.5) is 5.69 Å². The highest BCUT2D eigenvalue weighted by Crippen LogP contribution is 2.19. The second kappa shape index (κ2) is 8.68. The number of nitrogens with zero attached hydrogens (tertiary/aromatic N) is 2. The Hall–Kier alpha value is -2.49. The van der Waals surface area contributed by atoms with E-state index in [4.69, 9.17) is 4.74 Å². The summed E-state index contributed by atoms with van der Waals surface area (Å²) in [6, 6.07) is 12.9. The summed E-state index contributed by atoms with van der Waals surface area (Å²) < 4.78 is 32.7. The number of nitro groups is 1. The van der Waals surface area contributed by atoms with Crippen molar-refractivity contribution >= 4 is 15.7 Å². The molecule has 9 heteroatoms. The van der Waals surface area contributed by atoms with E-state index in [0.717, 1.165) is 17.9 Å². The molecule has 0 amide bonds. The topological polar surface area (TPSA) is 94.2 Å². The highest BCUT2D eigenvalue weighted by molar-refractivity contribution is 7.89. The van der Waals surface area contributed by atoms with E-state index in [-0.39, 0.29) is 10.6 Å². The van der Waals surface area contributed by atoms with Gasteiger partial charge in [-0.25, -0.2) is 8.42 Å². The van der Waals surface area contributed by atoms with Gasteiger partial charge in [0.25, 0.3) is 5.69 Å². The Morgan fingerprint density at radius 3 is 2.36 bits per heavy atom. The molecular weight excluding hydrogens is 382 g/mol. The average molecular weight is 406 g/mol. The minimum absolute atomic E-state index is 0.0874. The van der Waals surface area contributed by atoms with Gasteiger partial charge in [-0.05, 0) is 30.7 Å². The molecule has 8 nitrogen and oxygen atoms in total. The van der Waals surface area contributed by atoms with Gasteiger partial charge in [0.1, 0.15) is 18.9 Å². The van der Waals surface area contributed by atoms with Crippen LogP contribution in [0.15, 0.2) is 53.4 Å². The number of hydrogen-bond donors (Lipinski definition) is 1. The molecular formula is C19H24N3O5S+. The van der Waals surface area contributed by atoms with E-state index in [1.807, 2.05) is 31.2 Å². The van der Waals surface area contributed by atoms with Gasteiger partial charge in [-0.3, -0.25) is 10.1 Å². The van der Waals surface area contributed by atoms with Crippen LogP contribution in [0.25, 0.3) is 0 Å². The van der Waals surface area contributed by atoms with Crippen molar-refractivity contribution in [3.63, 3.8) is 0 Å². The monoisotopic (exact) mass is 406 g/mol. The van der Waals surface area contributed by atoms with E-state index in [9.17, 15) is 18.5 Å². The predicted molar refractivity (Wildman–Crippen MR) is 104 cm³/mol. The second-order valence-electron chi connectivity index (χ2n) is 6.77. The molecule has 0 saturated carbocycles. The third kappa shape index (κ3) is 4.67. The van der Waals surface area contributed by atoms with Crippen molar-refractivity contribution < 1.29 is 23.0 Å². The van der Waals surface area contributed by atoms with Crippen LogP contribution < -0.4 is 9.64 Å². The minimum Gasteiger partial charge on any atom is -0.487 e. The van der Waals surface area contributed by atoms with Gasteiger partial charge in [0.15, 0.2) is 0 Å². The van der Waals surface area contributed by atoms with E-state index in [1.54, 1.807) is 0 Å². The summed E-state index contributed by atoms with van der Waals surface area (Å²) in [4.78, 5) is 11.6. The number of nitrogens with one attached hydrogen (secondary N) is 1. The Labute approximate surface area is 164 Å². The van der Waals surface area contributed by atoms with Crippen LogP contribution in [0, 0.1) is 17.0 Å². The Balaban J connectivity index is 1.51. The Bertz CT molecular complexity index is 923. The third-order valence-corrected chi connectivity index (χ3v) is 6.83. The number of aryl methyl sites for hydroxylation is 1. The van der Waals surface area contributed by atoms with Crippen LogP contribution >= 0.6 is 0 Å². The highest BCUT2D eigenvalue weighted by atomic mass is 32.2. The number of quaternary nitrogens is 1. The number of hydrogen-bond acceptors (Lipinski definition) is 5. The van der Waals surface area contributed by atoms with Crippen molar-refractivity contribution in [2.45, 2.75) is 11.8 Å². The molecule has 1 N–H and O–H groups in total. The summed E-state index contributed by atoms with van der Waals surface area (Å²) in [5, 5.41) is 10.7. The van der Waals surface area contributed by atoms with Crippen LogP contribution in [0.2, 0.25) is 0 Å². The maximum absolute atomic E-state index is 12.7. The first-order valence-corrected chi connectivity index (χ1v) is 10.6. The van der Waals surface area contributed by atoms with E-state index in [0.29, 0.717) is 32.8 Å². The quantitative estimate of drug-likeness (QED) is 0.544. The normalized spacial score (nSPS) is 16.0. The molecule has 150 valence electrons. The fraction of sp³-hybridized carbons (Fsp3) is 0.368. The fourth-order valence-corrected chi connectivity index (χ4v) is 4.65. The zero-order valence-electron chi connectivity index (χ0n) is 15.7. The van der Waals surface area contributed by atoms with Gasteiger partial charge < -0.3 is 9.64 Å². The van der Waals surface area contributed by atoms with Crippen LogP contribution in [0.3, 0.4) is 0 Å². The molecule has 0 radical (unpaired) electrons. The Kier molecular flexibility index (Phi) is 6.28. The van der Waals surface area contributed by atoms with Gasteiger partial charge in [-0.1, -0.05) is 18.2 Å².